The summed E-state index contributed by atoms with van der Waals surface area (Å²) in [5.74, 6) is 0.228. The standard InChI is InChI=1S/C18H20F3N5OS.HI/c1-22-17(23-9-15-25-14(11-28-15)18(19,20)21)24-10-16(27)26-8-4-6-12-5-2-3-7-13(12)26;/h2-3,5,7,11H,4,6,8-10H2,1H3,(H2,22,23,24);1H. The summed E-state index contributed by atoms with van der Waals surface area (Å²) in [6.07, 6.45) is -2.60. The fourth-order valence-corrected chi connectivity index (χ4v) is 3.69. The van der Waals surface area contributed by atoms with Crippen molar-refractivity contribution in [2.45, 2.75) is 25.6 Å². The van der Waals surface area contributed by atoms with E-state index in [1.54, 1.807) is 4.90 Å². The minimum atomic E-state index is -4.45. The first kappa shape index (κ1) is 23.4. The number of para-hydroxylation sites is 1. The number of alkyl halides is 3. The van der Waals surface area contributed by atoms with Crippen LogP contribution >= 0.6 is 35.3 Å². The number of aryl methyl sites for hydroxylation is 1. The number of aliphatic imine (C=N–C) groups is 1. The third kappa shape index (κ3) is 6.04. The van der Waals surface area contributed by atoms with Gasteiger partial charge in [0, 0.05) is 24.7 Å². The molecule has 29 heavy (non-hydrogen) atoms. The topological polar surface area (TPSA) is 69.6 Å². The molecule has 1 aromatic carbocycles. The molecule has 1 aromatic heterocycles. The van der Waals surface area contributed by atoms with E-state index in [1.165, 1.54) is 7.05 Å². The number of hydrogen-bond acceptors (Lipinski definition) is 4. The molecule has 1 amide bonds. The Labute approximate surface area is 187 Å². The molecule has 0 saturated heterocycles. The van der Waals surface area contributed by atoms with Crippen LogP contribution in [0.1, 0.15) is 22.7 Å². The van der Waals surface area contributed by atoms with Crippen LogP contribution in [-0.2, 0) is 23.9 Å². The number of aromatic nitrogens is 1. The van der Waals surface area contributed by atoms with Crippen LogP contribution in [0.15, 0.2) is 34.6 Å². The molecule has 1 aliphatic heterocycles. The first-order valence-electron chi connectivity index (χ1n) is 8.73. The molecule has 6 nitrogen and oxygen atoms in total. The Hall–Kier alpha value is -1.89. The van der Waals surface area contributed by atoms with Gasteiger partial charge in [0.05, 0.1) is 13.1 Å². The van der Waals surface area contributed by atoms with Crippen LogP contribution in [0.3, 0.4) is 0 Å². The van der Waals surface area contributed by atoms with Gasteiger partial charge in [-0.25, -0.2) is 4.98 Å². The molecule has 2 aromatic rings. The zero-order valence-corrected chi connectivity index (χ0v) is 18.8. The van der Waals surface area contributed by atoms with E-state index >= 15 is 0 Å². The van der Waals surface area contributed by atoms with Crippen LogP contribution in [0, 0.1) is 0 Å². The number of amides is 1. The van der Waals surface area contributed by atoms with Gasteiger partial charge in [0.25, 0.3) is 0 Å². The van der Waals surface area contributed by atoms with Crippen LogP contribution in [-0.4, -0.2) is 37.0 Å². The van der Waals surface area contributed by atoms with E-state index in [0.717, 1.165) is 40.8 Å². The maximum absolute atomic E-state index is 12.6. The average Bonchev–Trinajstić information content (AvgIpc) is 3.17. The molecular weight excluding hydrogens is 518 g/mol. The summed E-state index contributed by atoms with van der Waals surface area (Å²) in [5, 5.41) is 7.04. The minimum Gasteiger partial charge on any atom is -0.350 e. The molecule has 2 N–H and O–H groups in total. The highest BCUT2D eigenvalue weighted by atomic mass is 127. The highest BCUT2D eigenvalue weighted by Crippen LogP contribution is 2.30. The lowest BCUT2D eigenvalue weighted by molar-refractivity contribution is -0.140. The average molecular weight is 539 g/mol. The van der Waals surface area contributed by atoms with Crippen molar-refractivity contribution < 1.29 is 18.0 Å². The Kier molecular flexibility index (Phi) is 8.25. The molecule has 0 aliphatic carbocycles. The molecule has 0 spiro atoms. The number of carbonyl (C=O) groups excluding carboxylic acids is 1. The van der Waals surface area contributed by atoms with Gasteiger partial charge in [-0.1, -0.05) is 18.2 Å². The van der Waals surface area contributed by atoms with Gasteiger partial charge < -0.3 is 15.5 Å². The monoisotopic (exact) mass is 539 g/mol. The zero-order chi connectivity index (χ0) is 20.1. The first-order valence-corrected chi connectivity index (χ1v) is 9.61. The summed E-state index contributed by atoms with van der Waals surface area (Å²) in [5.41, 5.74) is 1.16. The third-order valence-corrected chi connectivity index (χ3v) is 5.14. The third-order valence-electron chi connectivity index (χ3n) is 4.29. The van der Waals surface area contributed by atoms with Crippen molar-refractivity contribution >= 4 is 52.9 Å². The van der Waals surface area contributed by atoms with Crippen LogP contribution in [0.25, 0.3) is 0 Å². The Morgan fingerprint density at radius 1 is 1.31 bits per heavy atom. The Bertz CT molecular complexity index is 871. The number of thiazole rings is 1. The number of hydrogen-bond donors (Lipinski definition) is 2. The number of anilines is 1. The number of guanidine groups is 1. The van der Waals surface area contributed by atoms with E-state index in [2.05, 4.69) is 20.6 Å². The summed E-state index contributed by atoms with van der Waals surface area (Å²) in [7, 11) is 1.53. The number of rotatable bonds is 4. The van der Waals surface area contributed by atoms with Gasteiger partial charge in [-0.3, -0.25) is 9.79 Å². The second-order valence-electron chi connectivity index (χ2n) is 6.18. The lowest BCUT2D eigenvalue weighted by Gasteiger charge is -2.29. The second-order valence-corrected chi connectivity index (χ2v) is 7.12. The molecule has 0 saturated carbocycles. The summed E-state index contributed by atoms with van der Waals surface area (Å²) < 4.78 is 37.8. The van der Waals surface area contributed by atoms with Crippen molar-refractivity contribution in [3.63, 3.8) is 0 Å². The number of carbonyl (C=O) groups is 1. The maximum atomic E-state index is 12.6. The van der Waals surface area contributed by atoms with Gasteiger partial charge in [0.15, 0.2) is 11.7 Å². The summed E-state index contributed by atoms with van der Waals surface area (Å²) in [6.45, 7) is 0.768. The molecule has 0 bridgehead atoms. The SMILES string of the molecule is CN=C(NCC(=O)N1CCCc2ccccc21)NCc1nc(C(F)(F)F)cs1.I. The largest absolute Gasteiger partial charge is 0.434 e. The summed E-state index contributed by atoms with van der Waals surface area (Å²) in [4.78, 5) is 21.9. The Balaban J connectivity index is 0.00000300. The van der Waals surface area contributed by atoms with E-state index in [9.17, 15) is 18.0 Å². The van der Waals surface area contributed by atoms with Gasteiger partial charge in [-0.15, -0.1) is 35.3 Å². The molecular formula is C18H21F3IN5OS. The number of benzene rings is 1. The minimum absolute atomic E-state index is 0. The number of fused-ring (bicyclic) bond motifs is 1. The maximum Gasteiger partial charge on any atom is 0.434 e. The van der Waals surface area contributed by atoms with Crippen LogP contribution in [0.2, 0.25) is 0 Å². The van der Waals surface area contributed by atoms with Gasteiger partial charge in [-0.2, -0.15) is 13.2 Å². The highest BCUT2D eigenvalue weighted by Gasteiger charge is 2.33. The van der Waals surface area contributed by atoms with Crippen molar-refractivity contribution in [3.05, 3.63) is 45.9 Å². The predicted molar refractivity (Wildman–Crippen MR) is 118 cm³/mol. The normalized spacial score (nSPS) is 14.1. The fourth-order valence-electron chi connectivity index (χ4n) is 2.95. The van der Waals surface area contributed by atoms with Crippen molar-refractivity contribution in [1.82, 2.24) is 15.6 Å². The molecule has 0 radical (unpaired) electrons. The first-order chi connectivity index (χ1) is 13.4. The van der Waals surface area contributed by atoms with E-state index < -0.39 is 11.9 Å². The molecule has 158 valence electrons. The van der Waals surface area contributed by atoms with E-state index in [0.29, 0.717) is 12.5 Å². The van der Waals surface area contributed by atoms with Crippen LogP contribution in [0.4, 0.5) is 18.9 Å². The van der Waals surface area contributed by atoms with Crippen molar-refractivity contribution in [3.8, 4) is 0 Å². The van der Waals surface area contributed by atoms with Gasteiger partial charge in [-0.05, 0) is 24.5 Å². The van der Waals surface area contributed by atoms with Crippen molar-refractivity contribution in [2.75, 3.05) is 25.0 Å². The molecule has 0 atom stereocenters. The van der Waals surface area contributed by atoms with Gasteiger partial charge >= 0.3 is 6.18 Å². The van der Waals surface area contributed by atoms with Crippen molar-refractivity contribution in [2.24, 2.45) is 4.99 Å². The summed E-state index contributed by atoms with van der Waals surface area (Å²) in [6, 6.07) is 7.81. The van der Waals surface area contributed by atoms with E-state index in [1.807, 2.05) is 24.3 Å². The molecule has 1 aliphatic rings. The van der Waals surface area contributed by atoms with Crippen LogP contribution in [0.5, 0.6) is 0 Å². The fraction of sp³-hybridized carbons (Fsp3) is 0.389. The molecule has 0 unspecified atom stereocenters. The number of nitrogens with one attached hydrogen (secondary N) is 2. The zero-order valence-electron chi connectivity index (χ0n) is 15.6. The number of halogens is 4. The summed E-state index contributed by atoms with van der Waals surface area (Å²) >= 11 is 0.917. The smallest absolute Gasteiger partial charge is 0.350 e. The van der Waals surface area contributed by atoms with E-state index in [4.69, 9.17) is 0 Å². The Morgan fingerprint density at radius 3 is 2.76 bits per heavy atom. The number of nitrogens with zero attached hydrogens (tertiary/aromatic N) is 3. The molecule has 0 fully saturated rings. The quantitative estimate of drug-likeness (QED) is 0.355. The van der Waals surface area contributed by atoms with E-state index in [-0.39, 0.29) is 48.0 Å². The molecule has 3 rings (SSSR count). The second kappa shape index (κ2) is 10.2. The van der Waals surface area contributed by atoms with Crippen molar-refractivity contribution in [1.29, 1.82) is 0 Å². The Morgan fingerprint density at radius 2 is 2.07 bits per heavy atom. The predicted octanol–water partition coefficient (Wildman–Crippen LogP) is 3.42. The van der Waals surface area contributed by atoms with Gasteiger partial charge in [0.2, 0.25) is 5.91 Å². The lowest BCUT2D eigenvalue weighted by Crippen LogP contribution is -2.45. The van der Waals surface area contributed by atoms with Crippen LogP contribution < -0.4 is 15.5 Å². The highest BCUT2D eigenvalue weighted by molar-refractivity contribution is 14.0. The molecule has 11 heteroatoms. The molecule has 2 heterocycles. The van der Waals surface area contributed by atoms with Gasteiger partial charge in [0.1, 0.15) is 5.01 Å². The lowest BCUT2D eigenvalue weighted by atomic mass is 10.0.